The van der Waals surface area contributed by atoms with Gasteiger partial charge in [-0.2, -0.15) is 0 Å². The zero-order chi connectivity index (χ0) is 17.0. The van der Waals surface area contributed by atoms with Crippen LogP contribution in [0.15, 0.2) is 30.3 Å². The van der Waals surface area contributed by atoms with Crippen LogP contribution >= 0.6 is 11.6 Å². The van der Waals surface area contributed by atoms with Crippen LogP contribution in [-0.4, -0.2) is 25.3 Å². The molecule has 6 heteroatoms. The van der Waals surface area contributed by atoms with E-state index >= 15 is 0 Å². The van der Waals surface area contributed by atoms with Gasteiger partial charge in [0, 0.05) is 23.3 Å². The number of anilines is 1. The summed E-state index contributed by atoms with van der Waals surface area (Å²) in [4.78, 5) is 11.0. The molecule has 2 aromatic carbocycles. The predicted octanol–water partition coefficient (Wildman–Crippen LogP) is 3.98. The van der Waals surface area contributed by atoms with E-state index in [1.54, 1.807) is 38.5 Å². The van der Waals surface area contributed by atoms with E-state index in [-0.39, 0.29) is 5.56 Å². The van der Waals surface area contributed by atoms with Crippen molar-refractivity contribution in [2.45, 2.75) is 13.5 Å². The van der Waals surface area contributed by atoms with Gasteiger partial charge in [0.05, 0.1) is 19.8 Å². The minimum absolute atomic E-state index is 0.261. The van der Waals surface area contributed by atoms with Gasteiger partial charge in [-0.1, -0.05) is 11.6 Å². The first-order chi connectivity index (χ1) is 11.0. The van der Waals surface area contributed by atoms with Crippen molar-refractivity contribution < 1.29 is 19.4 Å². The molecule has 0 aliphatic heterocycles. The highest BCUT2D eigenvalue weighted by molar-refractivity contribution is 6.31. The highest BCUT2D eigenvalue weighted by Crippen LogP contribution is 2.33. The van der Waals surface area contributed by atoms with Crippen LogP contribution in [0.25, 0.3) is 0 Å². The number of benzene rings is 2. The van der Waals surface area contributed by atoms with E-state index in [1.165, 1.54) is 0 Å². The Labute approximate surface area is 139 Å². The zero-order valence-electron chi connectivity index (χ0n) is 13.1. The fourth-order valence-electron chi connectivity index (χ4n) is 2.22. The average Bonchev–Trinajstić information content (AvgIpc) is 2.54. The quantitative estimate of drug-likeness (QED) is 0.835. The molecule has 0 heterocycles. The van der Waals surface area contributed by atoms with Gasteiger partial charge in [-0.15, -0.1) is 0 Å². The molecule has 0 spiro atoms. The van der Waals surface area contributed by atoms with E-state index in [1.807, 2.05) is 13.0 Å². The number of aromatic carboxylic acids is 1. The maximum Gasteiger partial charge on any atom is 0.335 e. The van der Waals surface area contributed by atoms with Gasteiger partial charge in [0.2, 0.25) is 0 Å². The van der Waals surface area contributed by atoms with Crippen LogP contribution < -0.4 is 14.8 Å². The van der Waals surface area contributed by atoms with E-state index in [9.17, 15) is 4.79 Å². The third-order valence-electron chi connectivity index (χ3n) is 3.50. The first-order valence-corrected chi connectivity index (χ1v) is 7.32. The van der Waals surface area contributed by atoms with Gasteiger partial charge < -0.3 is 19.9 Å². The summed E-state index contributed by atoms with van der Waals surface area (Å²) in [6.07, 6.45) is 0. The summed E-state index contributed by atoms with van der Waals surface area (Å²) >= 11 is 6.26. The fourth-order valence-corrected chi connectivity index (χ4v) is 2.44. The van der Waals surface area contributed by atoms with E-state index in [0.29, 0.717) is 23.1 Å². The normalized spacial score (nSPS) is 10.3. The smallest absolute Gasteiger partial charge is 0.335 e. The molecule has 0 bridgehead atoms. The Bertz CT molecular complexity index is 731. The van der Waals surface area contributed by atoms with E-state index in [4.69, 9.17) is 26.2 Å². The second-order valence-corrected chi connectivity index (χ2v) is 5.39. The number of rotatable bonds is 6. The Morgan fingerprint density at radius 1 is 1.17 bits per heavy atom. The summed E-state index contributed by atoms with van der Waals surface area (Å²) in [6.45, 7) is 2.33. The number of carbonyl (C=O) groups is 1. The minimum atomic E-state index is -0.942. The van der Waals surface area contributed by atoms with Crippen molar-refractivity contribution in [2.24, 2.45) is 0 Å². The lowest BCUT2D eigenvalue weighted by atomic mass is 10.1. The van der Waals surface area contributed by atoms with E-state index in [2.05, 4.69) is 5.32 Å². The van der Waals surface area contributed by atoms with E-state index < -0.39 is 5.97 Å². The maximum atomic E-state index is 11.0. The fraction of sp³-hybridized carbons (Fsp3) is 0.235. The Morgan fingerprint density at radius 3 is 2.39 bits per heavy atom. The van der Waals surface area contributed by atoms with Gasteiger partial charge in [0.15, 0.2) is 11.5 Å². The van der Waals surface area contributed by atoms with Crippen molar-refractivity contribution in [3.05, 3.63) is 52.0 Å². The molecule has 122 valence electrons. The van der Waals surface area contributed by atoms with Crippen LogP contribution in [0.4, 0.5) is 5.69 Å². The number of hydrogen-bond donors (Lipinski definition) is 2. The molecule has 0 radical (unpaired) electrons. The number of carboxylic acid groups (broad SMARTS) is 1. The molecule has 0 unspecified atom stereocenters. The molecule has 23 heavy (non-hydrogen) atoms. The summed E-state index contributed by atoms with van der Waals surface area (Å²) in [5.74, 6) is 0.234. The van der Waals surface area contributed by atoms with Gasteiger partial charge >= 0.3 is 5.97 Å². The number of hydrogen-bond acceptors (Lipinski definition) is 4. The van der Waals surface area contributed by atoms with Crippen molar-refractivity contribution in [1.29, 1.82) is 0 Å². The van der Waals surface area contributed by atoms with Gasteiger partial charge in [-0.3, -0.25) is 0 Å². The number of aryl methyl sites for hydroxylation is 1. The third kappa shape index (κ3) is 3.87. The monoisotopic (exact) mass is 335 g/mol. The highest BCUT2D eigenvalue weighted by atomic mass is 35.5. The third-order valence-corrected chi connectivity index (χ3v) is 3.85. The number of ether oxygens (including phenoxy) is 2. The Hall–Kier alpha value is -2.40. The van der Waals surface area contributed by atoms with Crippen LogP contribution in [0.5, 0.6) is 11.5 Å². The van der Waals surface area contributed by atoms with Gasteiger partial charge in [-0.05, 0) is 42.3 Å². The van der Waals surface area contributed by atoms with E-state index in [0.717, 1.165) is 16.8 Å². The van der Waals surface area contributed by atoms with Crippen molar-refractivity contribution in [3.63, 3.8) is 0 Å². The summed E-state index contributed by atoms with van der Waals surface area (Å²) in [5.41, 5.74) is 2.81. The Kier molecular flexibility index (Phi) is 5.34. The number of carboxylic acids is 1. The SMILES string of the molecule is COc1cc(Cl)c(CNc2ccc(C(=O)O)cc2C)cc1OC. The molecular formula is C17H18ClNO4. The molecule has 0 fully saturated rings. The maximum absolute atomic E-state index is 11.0. The molecule has 5 nitrogen and oxygen atoms in total. The summed E-state index contributed by atoms with van der Waals surface area (Å²) < 4.78 is 10.5. The van der Waals surface area contributed by atoms with Gasteiger partial charge in [-0.25, -0.2) is 4.79 Å². The van der Waals surface area contributed by atoms with Crippen molar-refractivity contribution in [1.82, 2.24) is 0 Å². The molecule has 0 atom stereocenters. The molecular weight excluding hydrogens is 318 g/mol. The second kappa shape index (κ2) is 7.24. The van der Waals surface area contributed by atoms with Crippen LogP contribution in [0.1, 0.15) is 21.5 Å². The van der Waals surface area contributed by atoms with Crippen LogP contribution in [-0.2, 0) is 6.54 Å². The Morgan fingerprint density at radius 2 is 1.83 bits per heavy atom. The lowest BCUT2D eigenvalue weighted by molar-refractivity contribution is 0.0697. The lowest BCUT2D eigenvalue weighted by Gasteiger charge is -2.14. The van der Waals surface area contributed by atoms with Gasteiger partial charge in [0.25, 0.3) is 0 Å². The number of halogens is 1. The molecule has 0 aliphatic rings. The molecule has 2 aromatic rings. The lowest BCUT2D eigenvalue weighted by Crippen LogP contribution is -2.04. The van der Waals surface area contributed by atoms with Gasteiger partial charge in [0.1, 0.15) is 0 Å². The Balaban J connectivity index is 2.19. The topological polar surface area (TPSA) is 67.8 Å². The molecule has 0 amide bonds. The summed E-state index contributed by atoms with van der Waals surface area (Å²) in [7, 11) is 3.12. The van der Waals surface area contributed by atoms with Crippen molar-refractivity contribution >= 4 is 23.3 Å². The highest BCUT2D eigenvalue weighted by Gasteiger charge is 2.11. The molecule has 0 saturated carbocycles. The van der Waals surface area contributed by atoms with Crippen LogP contribution in [0.3, 0.4) is 0 Å². The second-order valence-electron chi connectivity index (χ2n) is 4.99. The number of methoxy groups -OCH3 is 2. The number of nitrogens with one attached hydrogen (secondary N) is 1. The van der Waals surface area contributed by atoms with Crippen molar-refractivity contribution in [3.8, 4) is 11.5 Å². The zero-order valence-corrected chi connectivity index (χ0v) is 13.9. The van der Waals surface area contributed by atoms with Crippen LogP contribution in [0, 0.1) is 6.92 Å². The molecule has 0 aliphatic carbocycles. The summed E-state index contributed by atoms with van der Waals surface area (Å²) in [5, 5.41) is 12.8. The molecule has 0 aromatic heterocycles. The molecule has 0 saturated heterocycles. The largest absolute Gasteiger partial charge is 0.493 e. The summed E-state index contributed by atoms with van der Waals surface area (Å²) in [6, 6.07) is 8.45. The van der Waals surface area contributed by atoms with Crippen molar-refractivity contribution in [2.75, 3.05) is 19.5 Å². The first kappa shape index (κ1) is 17.0. The first-order valence-electron chi connectivity index (χ1n) is 6.94. The minimum Gasteiger partial charge on any atom is -0.493 e. The molecule has 2 N–H and O–H groups in total. The molecule has 2 rings (SSSR count). The average molecular weight is 336 g/mol. The standard InChI is InChI=1S/C17H18ClNO4/c1-10-6-11(17(20)21)4-5-14(10)19-9-12-7-15(22-2)16(23-3)8-13(12)18/h4-8,19H,9H2,1-3H3,(H,20,21). The van der Waals surface area contributed by atoms with Crippen LogP contribution in [0.2, 0.25) is 5.02 Å². The predicted molar refractivity (Wildman–Crippen MR) is 90.0 cm³/mol.